The van der Waals surface area contributed by atoms with Crippen LogP contribution < -0.4 is 11.1 Å². The van der Waals surface area contributed by atoms with Crippen molar-refractivity contribution in [1.82, 2.24) is 15.2 Å². The number of fused-ring (bicyclic) bond motifs is 1. The van der Waals surface area contributed by atoms with E-state index in [1.807, 2.05) is 6.07 Å². The molecule has 2 aromatic heterocycles. The van der Waals surface area contributed by atoms with Gasteiger partial charge in [0.05, 0.1) is 11.1 Å². The van der Waals surface area contributed by atoms with Gasteiger partial charge in [0.25, 0.3) is 0 Å². The molecule has 0 atom stereocenters. The van der Waals surface area contributed by atoms with E-state index in [0.29, 0.717) is 17.0 Å². The fraction of sp³-hybridized carbons (Fsp3) is 0.333. The van der Waals surface area contributed by atoms with Crippen molar-refractivity contribution in [3.05, 3.63) is 22.4 Å². The van der Waals surface area contributed by atoms with Crippen LogP contribution in [0.25, 0.3) is 10.9 Å². The largest absolute Gasteiger partial charge is 0.371 e. The molecule has 7 heteroatoms. The maximum atomic E-state index is 11.5. The molecule has 0 aliphatic heterocycles. The number of amides is 1. The Hall–Kier alpha value is -1.76. The van der Waals surface area contributed by atoms with E-state index in [9.17, 15) is 4.79 Å². The summed E-state index contributed by atoms with van der Waals surface area (Å²) in [5.41, 5.74) is 6.15. The van der Waals surface area contributed by atoms with Gasteiger partial charge in [-0.25, -0.2) is 4.98 Å². The molecule has 1 amide bonds. The molecule has 6 nitrogen and oxygen atoms in total. The van der Waals surface area contributed by atoms with Crippen molar-refractivity contribution in [2.24, 2.45) is 5.73 Å². The number of pyridine rings is 1. The Morgan fingerprint density at radius 2 is 2.21 bits per heavy atom. The molecule has 0 radical (unpaired) electrons. The number of anilines is 1. The molecule has 1 fully saturated rings. The highest BCUT2D eigenvalue weighted by molar-refractivity contribution is 9.10. The van der Waals surface area contributed by atoms with Gasteiger partial charge >= 0.3 is 0 Å². The second-order valence-electron chi connectivity index (χ2n) is 4.64. The van der Waals surface area contributed by atoms with E-state index in [1.54, 1.807) is 13.2 Å². The minimum Gasteiger partial charge on any atom is -0.371 e. The molecule has 0 bridgehead atoms. The number of nitrogens with zero attached hydrogens (tertiary/aromatic N) is 3. The number of nitrogens with one attached hydrogen (secondary N) is 1. The van der Waals surface area contributed by atoms with Crippen LogP contribution in [0.4, 0.5) is 5.82 Å². The monoisotopic (exact) mass is 321 g/mol. The average molecular weight is 322 g/mol. The highest BCUT2D eigenvalue weighted by Crippen LogP contribution is 2.47. The first-order chi connectivity index (χ1) is 9.08. The van der Waals surface area contributed by atoms with Crippen LogP contribution >= 0.6 is 15.9 Å². The van der Waals surface area contributed by atoms with Crippen molar-refractivity contribution in [2.75, 3.05) is 12.4 Å². The molecule has 1 saturated carbocycles. The molecule has 0 saturated heterocycles. The molecule has 2 aromatic rings. The molecule has 3 rings (SSSR count). The summed E-state index contributed by atoms with van der Waals surface area (Å²) in [6.45, 7) is 0. The summed E-state index contributed by atoms with van der Waals surface area (Å²) < 4.78 is 0.818. The summed E-state index contributed by atoms with van der Waals surface area (Å²) in [6, 6.07) is 1.87. The molecule has 2 heterocycles. The molecule has 3 N–H and O–H groups in total. The van der Waals surface area contributed by atoms with Crippen molar-refractivity contribution >= 4 is 38.6 Å². The van der Waals surface area contributed by atoms with Gasteiger partial charge in [0.1, 0.15) is 5.52 Å². The third kappa shape index (κ3) is 1.76. The van der Waals surface area contributed by atoms with Gasteiger partial charge in [0, 0.05) is 23.1 Å². The van der Waals surface area contributed by atoms with Crippen molar-refractivity contribution in [1.29, 1.82) is 0 Å². The van der Waals surface area contributed by atoms with Gasteiger partial charge in [-0.2, -0.15) is 5.10 Å². The van der Waals surface area contributed by atoms with E-state index in [4.69, 9.17) is 5.73 Å². The van der Waals surface area contributed by atoms with Gasteiger partial charge in [0.2, 0.25) is 5.91 Å². The van der Waals surface area contributed by atoms with Gasteiger partial charge in [-0.15, -0.1) is 5.10 Å². The van der Waals surface area contributed by atoms with Gasteiger partial charge in [0.15, 0.2) is 5.82 Å². The summed E-state index contributed by atoms with van der Waals surface area (Å²) in [5.74, 6) is 0.321. The van der Waals surface area contributed by atoms with E-state index < -0.39 is 5.41 Å². The first-order valence-corrected chi connectivity index (χ1v) is 6.68. The van der Waals surface area contributed by atoms with E-state index in [1.165, 1.54) is 0 Å². The predicted molar refractivity (Wildman–Crippen MR) is 74.7 cm³/mol. The molecule has 0 spiro atoms. The first-order valence-electron chi connectivity index (χ1n) is 5.88. The fourth-order valence-corrected chi connectivity index (χ4v) is 2.58. The minimum absolute atomic E-state index is 0.333. The van der Waals surface area contributed by atoms with Gasteiger partial charge in [-0.05, 0) is 34.8 Å². The van der Waals surface area contributed by atoms with Crippen LogP contribution in [0.5, 0.6) is 0 Å². The summed E-state index contributed by atoms with van der Waals surface area (Å²) in [5, 5.41) is 12.2. The van der Waals surface area contributed by atoms with Crippen molar-refractivity contribution < 1.29 is 4.79 Å². The number of aromatic nitrogens is 3. The SMILES string of the molecule is CNc1ncc(Br)c2cc(C3(C(N)=O)CC3)nnc12. The lowest BCUT2D eigenvalue weighted by atomic mass is 10.0. The van der Waals surface area contributed by atoms with Crippen LogP contribution in [0.2, 0.25) is 0 Å². The van der Waals surface area contributed by atoms with Crippen LogP contribution in [0.3, 0.4) is 0 Å². The van der Waals surface area contributed by atoms with Crippen LogP contribution in [-0.2, 0) is 10.2 Å². The quantitative estimate of drug-likeness (QED) is 0.889. The third-order valence-corrected chi connectivity index (χ3v) is 4.16. The van der Waals surface area contributed by atoms with Crippen molar-refractivity contribution in [2.45, 2.75) is 18.3 Å². The Kier molecular flexibility index (Phi) is 2.67. The highest BCUT2D eigenvalue weighted by atomic mass is 79.9. The van der Waals surface area contributed by atoms with E-state index >= 15 is 0 Å². The van der Waals surface area contributed by atoms with Crippen molar-refractivity contribution in [3.63, 3.8) is 0 Å². The first kappa shape index (κ1) is 12.3. The maximum Gasteiger partial charge on any atom is 0.229 e. The second-order valence-corrected chi connectivity index (χ2v) is 5.50. The van der Waals surface area contributed by atoms with Gasteiger partial charge in [-0.1, -0.05) is 0 Å². The second kappa shape index (κ2) is 4.12. The maximum absolute atomic E-state index is 11.5. The zero-order valence-electron chi connectivity index (χ0n) is 10.3. The molecular weight excluding hydrogens is 310 g/mol. The third-order valence-electron chi connectivity index (χ3n) is 3.53. The van der Waals surface area contributed by atoms with E-state index in [2.05, 4.69) is 36.4 Å². The zero-order valence-corrected chi connectivity index (χ0v) is 11.9. The average Bonchev–Trinajstić information content (AvgIpc) is 3.20. The van der Waals surface area contributed by atoms with Crippen LogP contribution in [0.1, 0.15) is 18.5 Å². The highest BCUT2D eigenvalue weighted by Gasteiger charge is 2.51. The number of halogens is 1. The molecule has 19 heavy (non-hydrogen) atoms. The van der Waals surface area contributed by atoms with Crippen LogP contribution in [0.15, 0.2) is 16.7 Å². The number of carbonyl (C=O) groups is 1. The Bertz CT molecular complexity index is 683. The molecular formula is C12H12BrN5O. The van der Waals surface area contributed by atoms with Crippen molar-refractivity contribution in [3.8, 4) is 0 Å². The topological polar surface area (TPSA) is 93.8 Å². The molecule has 1 aliphatic carbocycles. The predicted octanol–water partition coefficient (Wildman–Crippen LogP) is 1.35. The Labute approximate surface area is 117 Å². The Balaban J connectivity index is 2.22. The summed E-state index contributed by atoms with van der Waals surface area (Å²) >= 11 is 3.44. The lowest BCUT2D eigenvalue weighted by Crippen LogP contribution is -2.29. The number of hydrogen-bond acceptors (Lipinski definition) is 5. The number of rotatable bonds is 3. The molecule has 1 aliphatic rings. The lowest BCUT2D eigenvalue weighted by Gasteiger charge is -2.11. The fourth-order valence-electron chi connectivity index (χ4n) is 2.17. The summed E-state index contributed by atoms with van der Waals surface area (Å²) in [4.78, 5) is 15.8. The number of carbonyl (C=O) groups excluding carboxylic acids is 1. The number of nitrogens with two attached hydrogens (primary N) is 1. The summed E-state index contributed by atoms with van der Waals surface area (Å²) in [7, 11) is 1.77. The van der Waals surface area contributed by atoms with E-state index in [0.717, 1.165) is 22.7 Å². The number of primary amides is 1. The zero-order chi connectivity index (χ0) is 13.6. The number of hydrogen-bond donors (Lipinski definition) is 2. The van der Waals surface area contributed by atoms with Gasteiger partial charge < -0.3 is 11.1 Å². The summed E-state index contributed by atoms with van der Waals surface area (Å²) in [6.07, 6.45) is 3.18. The Morgan fingerprint density at radius 3 is 2.79 bits per heavy atom. The van der Waals surface area contributed by atoms with Crippen LogP contribution in [0, 0.1) is 0 Å². The van der Waals surface area contributed by atoms with E-state index in [-0.39, 0.29) is 5.91 Å². The van der Waals surface area contributed by atoms with Crippen LogP contribution in [-0.4, -0.2) is 28.1 Å². The smallest absolute Gasteiger partial charge is 0.229 e. The molecule has 0 unspecified atom stereocenters. The standard InChI is InChI=1S/C12H12BrN5O/c1-15-10-9-6(7(13)5-16-10)4-8(17-18-9)12(2-3-12)11(14)19/h4-5H,2-3H2,1H3,(H2,14,19)(H,15,16). The molecule has 98 valence electrons. The lowest BCUT2D eigenvalue weighted by molar-refractivity contribution is -0.120. The minimum atomic E-state index is -0.621. The normalized spacial score (nSPS) is 16.3. The van der Waals surface area contributed by atoms with Gasteiger partial charge in [-0.3, -0.25) is 4.79 Å². The Morgan fingerprint density at radius 1 is 1.47 bits per heavy atom. The molecule has 0 aromatic carbocycles.